The van der Waals surface area contributed by atoms with E-state index in [1.807, 2.05) is 0 Å². The van der Waals surface area contributed by atoms with E-state index < -0.39 is 21.9 Å². The minimum atomic E-state index is -4.08. The third kappa shape index (κ3) is 2.29. The van der Waals surface area contributed by atoms with Gasteiger partial charge in [0.05, 0.1) is 6.54 Å². The highest BCUT2D eigenvalue weighted by molar-refractivity contribution is 7.89. The number of carbonyl (C=O) groups is 2. The number of nitrogens with zero attached hydrogens (tertiary/aromatic N) is 1. The average Bonchev–Trinajstić information content (AvgIpc) is 2.64. The van der Waals surface area contributed by atoms with Gasteiger partial charge in [-0.3, -0.25) is 4.79 Å². The molecule has 0 aromatic carbocycles. The summed E-state index contributed by atoms with van der Waals surface area (Å²) < 4.78 is 31.1. The maximum Gasteiger partial charge on any atom is 0.340 e. The van der Waals surface area contributed by atoms with Crippen LogP contribution in [0.5, 0.6) is 0 Å². The number of aromatic carboxylic acids is 1. The fraction of sp³-hybridized carbons (Fsp3) is 0.455. The normalized spacial score (nSPS) is 17.0. The molecule has 0 bridgehead atoms. The van der Waals surface area contributed by atoms with Gasteiger partial charge in [0.2, 0.25) is 15.9 Å². The molecule has 9 heteroatoms. The van der Waals surface area contributed by atoms with Crippen LogP contribution in [-0.2, 0) is 14.8 Å². The summed E-state index contributed by atoms with van der Waals surface area (Å²) in [5, 5.41) is 11.7. The topological polar surface area (TPSA) is 117 Å². The highest BCUT2D eigenvalue weighted by Crippen LogP contribution is 2.29. The van der Waals surface area contributed by atoms with Crippen LogP contribution in [0.4, 0.5) is 0 Å². The molecule has 0 atom stereocenters. The van der Waals surface area contributed by atoms with Gasteiger partial charge < -0.3 is 14.8 Å². The van der Waals surface area contributed by atoms with Gasteiger partial charge >= 0.3 is 5.97 Å². The summed E-state index contributed by atoms with van der Waals surface area (Å²) in [6.45, 7) is 2.73. The molecule has 2 heterocycles. The molecule has 1 aliphatic rings. The lowest BCUT2D eigenvalue weighted by molar-refractivity contribution is -0.122. The molecule has 1 saturated heterocycles. The summed E-state index contributed by atoms with van der Waals surface area (Å²) in [5.41, 5.74) is -0.381. The van der Waals surface area contributed by atoms with Gasteiger partial charge in [-0.2, -0.15) is 4.31 Å². The Hall–Kier alpha value is -1.87. The minimum Gasteiger partial charge on any atom is -0.478 e. The molecular formula is C11H14N2O6S. The second-order valence-electron chi connectivity index (χ2n) is 4.41. The van der Waals surface area contributed by atoms with Crippen molar-refractivity contribution in [2.75, 3.05) is 19.6 Å². The lowest BCUT2D eigenvalue weighted by Crippen LogP contribution is -2.50. The number of aryl methyl sites for hydroxylation is 2. The third-order valence-corrected chi connectivity index (χ3v) is 5.02. The van der Waals surface area contributed by atoms with Crippen LogP contribution in [0.3, 0.4) is 0 Å². The minimum absolute atomic E-state index is 0.00545. The Labute approximate surface area is 115 Å². The number of rotatable bonds is 3. The van der Waals surface area contributed by atoms with E-state index in [4.69, 9.17) is 9.52 Å². The van der Waals surface area contributed by atoms with Gasteiger partial charge in [-0.25, -0.2) is 13.2 Å². The number of furan rings is 1. The summed E-state index contributed by atoms with van der Waals surface area (Å²) in [5.74, 6) is -1.77. The van der Waals surface area contributed by atoms with Crippen molar-refractivity contribution in [1.82, 2.24) is 9.62 Å². The molecule has 1 aliphatic heterocycles. The molecule has 2 N–H and O–H groups in total. The number of carboxylic acids is 1. The molecule has 2 rings (SSSR count). The van der Waals surface area contributed by atoms with Gasteiger partial charge in [0.25, 0.3) is 0 Å². The first kappa shape index (κ1) is 14.5. The van der Waals surface area contributed by atoms with Gasteiger partial charge in [-0.1, -0.05) is 0 Å². The summed E-state index contributed by atoms with van der Waals surface area (Å²) in [6, 6.07) is 0. The number of hydrogen-bond donors (Lipinski definition) is 2. The zero-order valence-electron chi connectivity index (χ0n) is 11.0. The number of hydrogen-bond acceptors (Lipinski definition) is 5. The Morgan fingerprint density at radius 1 is 1.35 bits per heavy atom. The van der Waals surface area contributed by atoms with E-state index in [-0.39, 0.29) is 41.6 Å². The Kier molecular flexibility index (Phi) is 3.57. The zero-order chi connectivity index (χ0) is 15.1. The van der Waals surface area contributed by atoms with Gasteiger partial charge in [0.15, 0.2) is 0 Å². The fourth-order valence-electron chi connectivity index (χ4n) is 2.17. The molecule has 1 amide bonds. The number of carbonyl (C=O) groups excluding carboxylic acids is 1. The Balaban J connectivity index is 2.55. The third-order valence-electron chi connectivity index (χ3n) is 3.02. The molecule has 0 aliphatic carbocycles. The molecule has 8 nitrogen and oxygen atoms in total. The van der Waals surface area contributed by atoms with Gasteiger partial charge in [-0.15, -0.1) is 0 Å². The maximum absolute atomic E-state index is 12.5. The number of piperazine rings is 1. The smallest absolute Gasteiger partial charge is 0.340 e. The van der Waals surface area contributed by atoms with E-state index in [0.717, 1.165) is 4.31 Å². The fourth-order valence-corrected chi connectivity index (χ4v) is 3.94. The van der Waals surface area contributed by atoms with Crippen molar-refractivity contribution in [2.45, 2.75) is 18.7 Å². The maximum atomic E-state index is 12.5. The van der Waals surface area contributed by atoms with Gasteiger partial charge in [0.1, 0.15) is 22.0 Å². The highest BCUT2D eigenvalue weighted by Gasteiger charge is 2.37. The molecule has 0 saturated carbocycles. The van der Waals surface area contributed by atoms with Crippen molar-refractivity contribution in [3.8, 4) is 0 Å². The van der Waals surface area contributed by atoms with Crippen LogP contribution in [0.1, 0.15) is 21.9 Å². The second-order valence-corrected chi connectivity index (χ2v) is 6.29. The van der Waals surface area contributed by atoms with Crippen LogP contribution in [0.25, 0.3) is 0 Å². The van der Waals surface area contributed by atoms with E-state index in [1.54, 1.807) is 0 Å². The molecule has 0 spiro atoms. The summed E-state index contributed by atoms with van der Waals surface area (Å²) in [7, 11) is -4.08. The number of carboxylic acid groups (broad SMARTS) is 1. The van der Waals surface area contributed by atoms with Crippen LogP contribution in [0.2, 0.25) is 0 Å². The van der Waals surface area contributed by atoms with Crippen molar-refractivity contribution in [3.63, 3.8) is 0 Å². The lowest BCUT2D eigenvalue weighted by Gasteiger charge is -2.25. The first-order valence-electron chi connectivity index (χ1n) is 5.85. The van der Waals surface area contributed by atoms with Crippen LogP contribution < -0.4 is 5.32 Å². The number of sulfonamides is 1. The van der Waals surface area contributed by atoms with Gasteiger partial charge in [0, 0.05) is 13.1 Å². The first-order valence-corrected chi connectivity index (χ1v) is 7.29. The van der Waals surface area contributed by atoms with Crippen molar-refractivity contribution in [2.24, 2.45) is 0 Å². The van der Waals surface area contributed by atoms with Crippen molar-refractivity contribution < 1.29 is 27.5 Å². The van der Waals surface area contributed by atoms with Crippen LogP contribution >= 0.6 is 0 Å². The molecule has 1 aromatic heterocycles. The monoisotopic (exact) mass is 302 g/mol. The van der Waals surface area contributed by atoms with Crippen LogP contribution in [0, 0.1) is 13.8 Å². The predicted molar refractivity (Wildman–Crippen MR) is 66.9 cm³/mol. The molecule has 110 valence electrons. The van der Waals surface area contributed by atoms with Crippen molar-refractivity contribution in [1.29, 1.82) is 0 Å². The van der Waals surface area contributed by atoms with Gasteiger partial charge in [-0.05, 0) is 13.8 Å². The predicted octanol–water partition coefficient (Wildman–Crippen LogP) is -0.285. The Morgan fingerprint density at radius 2 is 2.00 bits per heavy atom. The highest BCUT2D eigenvalue weighted by atomic mass is 32.2. The van der Waals surface area contributed by atoms with E-state index in [9.17, 15) is 18.0 Å². The van der Waals surface area contributed by atoms with Crippen molar-refractivity contribution in [3.05, 3.63) is 17.1 Å². The van der Waals surface area contributed by atoms with Crippen molar-refractivity contribution >= 4 is 21.9 Å². The second kappa shape index (κ2) is 4.91. The molecular weight excluding hydrogens is 288 g/mol. The Morgan fingerprint density at radius 3 is 2.55 bits per heavy atom. The molecule has 1 fully saturated rings. The first-order chi connectivity index (χ1) is 9.25. The van der Waals surface area contributed by atoms with Crippen LogP contribution in [-0.4, -0.2) is 49.3 Å². The molecule has 0 radical (unpaired) electrons. The Bertz CT molecular complexity index is 675. The SMILES string of the molecule is Cc1oc(C)c(S(=O)(=O)N2CCNC(=O)C2)c1C(=O)O. The number of nitrogens with one attached hydrogen (secondary N) is 1. The summed E-state index contributed by atoms with van der Waals surface area (Å²) in [6.07, 6.45) is 0. The zero-order valence-corrected chi connectivity index (χ0v) is 11.8. The molecule has 20 heavy (non-hydrogen) atoms. The lowest BCUT2D eigenvalue weighted by atomic mass is 10.2. The summed E-state index contributed by atoms with van der Waals surface area (Å²) in [4.78, 5) is 22.2. The largest absolute Gasteiger partial charge is 0.478 e. The average molecular weight is 302 g/mol. The molecule has 1 aromatic rings. The van der Waals surface area contributed by atoms with E-state index in [0.29, 0.717) is 0 Å². The number of amides is 1. The standard InChI is InChI=1S/C11H14N2O6S/c1-6-9(11(15)16)10(7(2)19-6)20(17,18)13-4-3-12-8(14)5-13/h3-5H2,1-2H3,(H,12,14)(H,15,16). The summed E-state index contributed by atoms with van der Waals surface area (Å²) >= 11 is 0. The van der Waals surface area contributed by atoms with E-state index in [1.165, 1.54) is 13.8 Å². The quantitative estimate of drug-likeness (QED) is 0.792. The van der Waals surface area contributed by atoms with E-state index >= 15 is 0 Å². The van der Waals surface area contributed by atoms with Crippen LogP contribution in [0.15, 0.2) is 9.31 Å². The van der Waals surface area contributed by atoms with E-state index in [2.05, 4.69) is 5.32 Å². The molecule has 0 unspecified atom stereocenters.